The summed E-state index contributed by atoms with van der Waals surface area (Å²) in [7, 11) is 1.49. The van der Waals surface area contributed by atoms with Crippen molar-refractivity contribution in [2.24, 2.45) is 0 Å². The number of anilines is 1. The van der Waals surface area contributed by atoms with Crippen molar-refractivity contribution in [3.05, 3.63) is 59.1 Å². The fourth-order valence-corrected chi connectivity index (χ4v) is 2.00. The highest BCUT2D eigenvalue weighted by molar-refractivity contribution is 6.31. The smallest absolute Gasteiger partial charge is 0.319 e. The Morgan fingerprint density at radius 3 is 2.55 bits per heavy atom. The Labute approximate surface area is 133 Å². The molecule has 0 aliphatic carbocycles. The first-order chi connectivity index (χ1) is 10.6. The Morgan fingerprint density at radius 1 is 1.14 bits per heavy atom. The molecule has 2 aromatic carbocycles. The SMILES string of the molecule is COc1ccc(Cl)cc1NC(=O)NCC(=O)c1ccccc1. The second kappa shape index (κ2) is 7.47. The molecule has 0 aliphatic heterocycles. The van der Waals surface area contributed by atoms with Crippen LogP contribution in [0.2, 0.25) is 5.02 Å². The summed E-state index contributed by atoms with van der Waals surface area (Å²) in [4.78, 5) is 23.7. The van der Waals surface area contributed by atoms with Gasteiger partial charge in [-0.15, -0.1) is 0 Å². The molecule has 0 unspecified atom stereocenters. The standard InChI is InChI=1S/C16H15ClN2O3/c1-22-15-8-7-12(17)9-13(15)19-16(21)18-10-14(20)11-5-3-2-4-6-11/h2-9H,10H2,1H3,(H2,18,19,21). The molecule has 5 nitrogen and oxygen atoms in total. The number of rotatable bonds is 5. The van der Waals surface area contributed by atoms with Crippen molar-refractivity contribution >= 4 is 29.1 Å². The van der Waals surface area contributed by atoms with Gasteiger partial charge < -0.3 is 15.4 Å². The second-order valence-corrected chi connectivity index (χ2v) is 4.88. The van der Waals surface area contributed by atoms with E-state index in [9.17, 15) is 9.59 Å². The molecule has 2 N–H and O–H groups in total. The molecule has 0 saturated heterocycles. The van der Waals surface area contributed by atoms with E-state index >= 15 is 0 Å². The van der Waals surface area contributed by atoms with Crippen LogP contribution >= 0.6 is 11.6 Å². The third kappa shape index (κ3) is 4.23. The number of hydrogen-bond acceptors (Lipinski definition) is 3. The lowest BCUT2D eigenvalue weighted by atomic mass is 10.1. The number of nitrogens with one attached hydrogen (secondary N) is 2. The fourth-order valence-electron chi connectivity index (χ4n) is 1.83. The molecule has 0 atom stereocenters. The van der Waals surface area contributed by atoms with Gasteiger partial charge in [0.05, 0.1) is 19.3 Å². The molecule has 0 fully saturated rings. The molecular formula is C16H15ClN2O3. The Morgan fingerprint density at radius 2 is 1.86 bits per heavy atom. The number of hydrogen-bond donors (Lipinski definition) is 2. The first kappa shape index (κ1) is 15.9. The summed E-state index contributed by atoms with van der Waals surface area (Å²) in [5.41, 5.74) is 0.975. The molecule has 114 valence electrons. The number of benzene rings is 2. The minimum absolute atomic E-state index is 0.0985. The van der Waals surface area contributed by atoms with Crippen molar-refractivity contribution < 1.29 is 14.3 Å². The molecule has 0 saturated carbocycles. The van der Waals surface area contributed by atoms with E-state index in [1.165, 1.54) is 7.11 Å². The predicted molar refractivity (Wildman–Crippen MR) is 85.8 cm³/mol. The van der Waals surface area contributed by atoms with Gasteiger partial charge in [-0.3, -0.25) is 4.79 Å². The van der Waals surface area contributed by atoms with Crippen molar-refractivity contribution in [2.45, 2.75) is 0 Å². The average Bonchev–Trinajstić information content (AvgIpc) is 2.53. The maximum Gasteiger partial charge on any atom is 0.319 e. The zero-order chi connectivity index (χ0) is 15.9. The van der Waals surface area contributed by atoms with E-state index < -0.39 is 6.03 Å². The van der Waals surface area contributed by atoms with Gasteiger partial charge in [0.1, 0.15) is 5.75 Å². The fraction of sp³-hybridized carbons (Fsp3) is 0.125. The molecule has 2 rings (SSSR count). The van der Waals surface area contributed by atoms with Gasteiger partial charge in [0.2, 0.25) is 0 Å². The van der Waals surface area contributed by atoms with Crippen molar-refractivity contribution in [3.8, 4) is 5.75 Å². The Kier molecular flexibility index (Phi) is 5.38. The normalized spacial score (nSPS) is 9.91. The minimum Gasteiger partial charge on any atom is -0.495 e. The lowest BCUT2D eigenvalue weighted by Gasteiger charge is -2.11. The number of carbonyl (C=O) groups excluding carboxylic acids is 2. The van der Waals surface area contributed by atoms with Gasteiger partial charge in [0.25, 0.3) is 0 Å². The number of Topliss-reactive ketones (excluding diaryl/α,β-unsaturated/α-hetero) is 1. The third-order valence-electron chi connectivity index (χ3n) is 2.91. The van der Waals surface area contributed by atoms with E-state index in [4.69, 9.17) is 16.3 Å². The molecule has 0 bridgehead atoms. The van der Waals surface area contributed by atoms with Crippen LogP contribution in [0, 0.1) is 0 Å². The molecule has 0 spiro atoms. The highest BCUT2D eigenvalue weighted by atomic mass is 35.5. The lowest BCUT2D eigenvalue weighted by Crippen LogP contribution is -2.33. The van der Waals surface area contributed by atoms with Gasteiger partial charge >= 0.3 is 6.03 Å². The number of ether oxygens (including phenoxy) is 1. The highest BCUT2D eigenvalue weighted by Gasteiger charge is 2.10. The van der Waals surface area contributed by atoms with Crippen LogP contribution in [-0.4, -0.2) is 25.5 Å². The first-order valence-corrected chi connectivity index (χ1v) is 6.94. The van der Waals surface area contributed by atoms with Crippen molar-refractivity contribution in [1.29, 1.82) is 0 Å². The van der Waals surface area contributed by atoms with Gasteiger partial charge in [-0.05, 0) is 18.2 Å². The van der Waals surface area contributed by atoms with E-state index in [1.807, 2.05) is 6.07 Å². The molecule has 0 aromatic heterocycles. The molecule has 0 heterocycles. The summed E-state index contributed by atoms with van der Waals surface area (Å²) in [5.74, 6) is 0.308. The summed E-state index contributed by atoms with van der Waals surface area (Å²) >= 11 is 5.88. The van der Waals surface area contributed by atoms with Crippen LogP contribution in [-0.2, 0) is 0 Å². The van der Waals surface area contributed by atoms with Crippen molar-refractivity contribution in [2.75, 3.05) is 19.0 Å². The van der Waals surface area contributed by atoms with Gasteiger partial charge in [0, 0.05) is 10.6 Å². The number of carbonyl (C=O) groups is 2. The van der Waals surface area contributed by atoms with Gasteiger partial charge in [0.15, 0.2) is 5.78 Å². The number of methoxy groups -OCH3 is 1. The van der Waals surface area contributed by atoms with E-state index in [1.54, 1.807) is 42.5 Å². The highest BCUT2D eigenvalue weighted by Crippen LogP contribution is 2.27. The molecule has 0 radical (unpaired) electrons. The topological polar surface area (TPSA) is 67.4 Å². The van der Waals surface area contributed by atoms with Crippen LogP contribution in [0.15, 0.2) is 48.5 Å². The van der Waals surface area contributed by atoms with E-state index in [0.717, 1.165) is 0 Å². The van der Waals surface area contributed by atoms with Crippen LogP contribution in [0.25, 0.3) is 0 Å². The molecule has 2 aromatic rings. The first-order valence-electron chi connectivity index (χ1n) is 6.57. The monoisotopic (exact) mass is 318 g/mol. The van der Waals surface area contributed by atoms with Crippen LogP contribution in [0.1, 0.15) is 10.4 Å². The van der Waals surface area contributed by atoms with Crippen molar-refractivity contribution in [1.82, 2.24) is 5.32 Å². The van der Waals surface area contributed by atoms with E-state index in [2.05, 4.69) is 10.6 Å². The van der Waals surface area contributed by atoms with E-state index in [-0.39, 0.29) is 12.3 Å². The van der Waals surface area contributed by atoms with Gasteiger partial charge in [-0.25, -0.2) is 4.79 Å². The number of urea groups is 1. The molecule has 6 heteroatoms. The van der Waals surface area contributed by atoms with E-state index in [0.29, 0.717) is 22.0 Å². The molecule has 2 amide bonds. The Bertz CT molecular complexity index is 674. The number of halogens is 1. The Balaban J connectivity index is 1.94. The Hall–Kier alpha value is -2.53. The van der Waals surface area contributed by atoms with Crippen LogP contribution in [0.4, 0.5) is 10.5 Å². The zero-order valence-electron chi connectivity index (χ0n) is 11.9. The van der Waals surface area contributed by atoms with Crippen LogP contribution < -0.4 is 15.4 Å². The maximum absolute atomic E-state index is 11.9. The van der Waals surface area contributed by atoms with Gasteiger partial charge in [-0.1, -0.05) is 41.9 Å². The average molecular weight is 319 g/mol. The summed E-state index contributed by atoms with van der Waals surface area (Å²) < 4.78 is 5.13. The second-order valence-electron chi connectivity index (χ2n) is 4.44. The summed E-state index contributed by atoms with van der Waals surface area (Å²) in [6, 6.07) is 13.1. The summed E-state index contributed by atoms with van der Waals surface area (Å²) in [6.45, 7) is -0.0985. The molecule has 0 aliphatic rings. The van der Waals surface area contributed by atoms with Crippen molar-refractivity contribution in [3.63, 3.8) is 0 Å². The van der Waals surface area contributed by atoms with Gasteiger partial charge in [-0.2, -0.15) is 0 Å². The lowest BCUT2D eigenvalue weighted by molar-refractivity contribution is 0.0993. The predicted octanol–water partition coefficient (Wildman–Crippen LogP) is 3.35. The van der Waals surface area contributed by atoms with Crippen LogP contribution in [0.5, 0.6) is 5.75 Å². The minimum atomic E-state index is -0.509. The molecule has 22 heavy (non-hydrogen) atoms. The molecular weight excluding hydrogens is 304 g/mol. The number of amides is 2. The summed E-state index contributed by atoms with van der Waals surface area (Å²) in [6.07, 6.45) is 0. The zero-order valence-corrected chi connectivity index (χ0v) is 12.7. The third-order valence-corrected chi connectivity index (χ3v) is 3.15. The largest absolute Gasteiger partial charge is 0.495 e. The number of ketones is 1. The van der Waals surface area contributed by atoms with Crippen LogP contribution in [0.3, 0.4) is 0 Å². The quantitative estimate of drug-likeness (QED) is 0.831. The summed E-state index contributed by atoms with van der Waals surface area (Å²) in [5, 5.41) is 5.57. The maximum atomic E-state index is 11.9.